The first-order chi connectivity index (χ1) is 8.94. The maximum atomic E-state index is 12.2. The number of likely N-dealkylation sites (N-methyl/N-ethyl adjacent to an activating group) is 1. The molecule has 5 heteroatoms. The van der Waals surface area contributed by atoms with Crippen molar-refractivity contribution in [1.29, 1.82) is 0 Å². The van der Waals surface area contributed by atoms with Crippen LogP contribution >= 0.6 is 0 Å². The first-order valence-electron chi connectivity index (χ1n) is 6.23. The molecule has 0 aliphatic carbocycles. The van der Waals surface area contributed by atoms with E-state index < -0.39 is 5.54 Å². The molecule has 1 rings (SSSR count). The predicted molar refractivity (Wildman–Crippen MR) is 75.9 cm³/mol. The molecule has 0 saturated carbocycles. The first-order valence-corrected chi connectivity index (χ1v) is 6.23. The molecule has 0 aromatic heterocycles. The SMILES string of the molecule is CCNC(C)(C)C(=O)Nc1ccc(OC)cc1OC. The van der Waals surface area contributed by atoms with E-state index in [1.54, 1.807) is 32.4 Å². The number of methoxy groups -OCH3 is 2. The summed E-state index contributed by atoms with van der Waals surface area (Å²) in [5.41, 5.74) is -0.0149. The fourth-order valence-electron chi connectivity index (χ4n) is 1.70. The summed E-state index contributed by atoms with van der Waals surface area (Å²) >= 11 is 0. The van der Waals surface area contributed by atoms with E-state index >= 15 is 0 Å². The lowest BCUT2D eigenvalue weighted by atomic mass is 10.0. The second kappa shape index (κ2) is 6.43. The Morgan fingerprint density at radius 1 is 1.26 bits per heavy atom. The predicted octanol–water partition coefficient (Wildman–Crippen LogP) is 2.03. The molecule has 0 radical (unpaired) electrons. The number of ether oxygens (including phenoxy) is 2. The van der Waals surface area contributed by atoms with Crippen LogP contribution in [0.25, 0.3) is 0 Å². The van der Waals surface area contributed by atoms with Gasteiger partial charge in [0.25, 0.3) is 0 Å². The molecule has 2 N–H and O–H groups in total. The van der Waals surface area contributed by atoms with Crippen LogP contribution in [-0.2, 0) is 4.79 Å². The van der Waals surface area contributed by atoms with Gasteiger partial charge in [-0.15, -0.1) is 0 Å². The number of carbonyl (C=O) groups is 1. The maximum Gasteiger partial charge on any atom is 0.244 e. The lowest BCUT2D eigenvalue weighted by Crippen LogP contribution is -2.49. The topological polar surface area (TPSA) is 59.6 Å². The van der Waals surface area contributed by atoms with Gasteiger partial charge in [0.05, 0.1) is 25.4 Å². The summed E-state index contributed by atoms with van der Waals surface area (Å²) in [5.74, 6) is 1.14. The molecule has 0 aliphatic rings. The van der Waals surface area contributed by atoms with Crippen molar-refractivity contribution in [2.45, 2.75) is 26.3 Å². The highest BCUT2D eigenvalue weighted by molar-refractivity contribution is 5.98. The molecule has 1 aromatic rings. The van der Waals surface area contributed by atoms with Gasteiger partial charge in [0.1, 0.15) is 11.5 Å². The molecule has 0 atom stereocenters. The summed E-state index contributed by atoms with van der Waals surface area (Å²) in [4.78, 5) is 12.2. The van der Waals surface area contributed by atoms with Gasteiger partial charge in [-0.25, -0.2) is 0 Å². The number of benzene rings is 1. The van der Waals surface area contributed by atoms with E-state index in [0.717, 1.165) is 6.54 Å². The van der Waals surface area contributed by atoms with E-state index in [1.807, 2.05) is 20.8 Å². The molecule has 0 fully saturated rings. The highest BCUT2D eigenvalue weighted by Gasteiger charge is 2.26. The van der Waals surface area contributed by atoms with E-state index in [4.69, 9.17) is 9.47 Å². The zero-order chi connectivity index (χ0) is 14.5. The maximum absolute atomic E-state index is 12.2. The van der Waals surface area contributed by atoms with Crippen molar-refractivity contribution in [3.63, 3.8) is 0 Å². The Balaban J connectivity index is 2.90. The molecule has 1 aromatic carbocycles. The molecule has 0 saturated heterocycles. The third-order valence-electron chi connectivity index (χ3n) is 2.84. The minimum atomic E-state index is -0.639. The van der Waals surface area contributed by atoms with E-state index in [2.05, 4.69) is 10.6 Å². The van der Waals surface area contributed by atoms with Crippen LogP contribution in [0.5, 0.6) is 11.5 Å². The molecular formula is C14H22N2O3. The molecule has 0 aliphatic heterocycles. The molecule has 0 bridgehead atoms. The minimum absolute atomic E-state index is 0.113. The number of hydrogen-bond donors (Lipinski definition) is 2. The lowest BCUT2D eigenvalue weighted by molar-refractivity contribution is -0.121. The van der Waals surface area contributed by atoms with Crippen LogP contribution in [0.2, 0.25) is 0 Å². The highest BCUT2D eigenvalue weighted by Crippen LogP contribution is 2.29. The zero-order valence-corrected chi connectivity index (χ0v) is 12.2. The van der Waals surface area contributed by atoms with Crippen molar-refractivity contribution in [1.82, 2.24) is 5.32 Å². The van der Waals surface area contributed by atoms with Crippen LogP contribution in [0.1, 0.15) is 20.8 Å². The summed E-state index contributed by atoms with van der Waals surface area (Å²) in [6.45, 7) is 6.35. The second-order valence-corrected chi connectivity index (χ2v) is 4.68. The third-order valence-corrected chi connectivity index (χ3v) is 2.84. The zero-order valence-electron chi connectivity index (χ0n) is 12.2. The van der Waals surface area contributed by atoms with Crippen molar-refractivity contribution in [3.05, 3.63) is 18.2 Å². The number of anilines is 1. The summed E-state index contributed by atoms with van der Waals surface area (Å²) in [7, 11) is 3.14. The Morgan fingerprint density at radius 3 is 2.47 bits per heavy atom. The van der Waals surface area contributed by atoms with Crippen LogP contribution in [0.15, 0.2) is 18.2 Å². The molecule has 5 nitrogen and oxygen atoms in total. The quantitative estimate of drug-likeness (QED) is 0.827. The standard InChI is InChI=1S/C14H22N2O3/c1-6-15-14(2,3)13(17)16-11-8-7-10(18-4)9-12(11)19-5/h7-9,15H,6H2,1-5H3,(H,16,17). The average molecular weight is 266 g/mol. The Hall–Kier alpha value is -1.75. The van der Waals surface area contributed by atoms with Crippen LogP contribution in [0.4, 0.5) is 5.69 Å². The van der Waals surface area contributed by atoms with Crippen molar-refractivity contribution in [3.8, 4) is 11.5 Å². The van der Waals surface area contributed by atoms with Crippen molar-refractivity contribution in [2.75, 3.05) is 26.1 Å². The van der Waals surface area contributed by atoms with Crippen molar-refractivity contribution in [2.24, 2.45) is 0 Å². The second-order valence-electron chi connectivity index (χ2n) is 4.68. The molecule has 1 amide bonds. The normalized spacial score (nSPS) is 11.0. The third kappa shape index (κ3) is 3.86. The van der Waals surface area contributed by atoms with Gasteiger partial charge < -0.3 is 20.1 Å². The van der Waals surface area contributed by atoms with Crippen LogP contribution in [0.3, 0.4) is 0 Å². The van der Waals surface area contributed by atoms with Gasteiger partial charge in [-0.1, -0.05) is 6.92 Å². The molecule has 0 spiro atoms. The number of carbonyl (C=O) groups excluding carboxylic acids is 1. The minimum Gasteiger partial charge on any atom is -0.497 e. The van der Waals surface area contributed by atoms with Crippen molar-refractivity contribution >= 4 is 11.6 Å². The molecule has 0 unspecified atom stereocenters. The van der Waals surface area contributed by atoms with Gasteiger partial charge in [0.15, 0.2) is 0 Å². The van der Waals surface area contributed by atoms with Crippen LogP contribution in [0, 0.1) is 0 Å². The van der Waals surface area contributed by atoms with Gasteiger partial charge in [-0.3, -0.25) is 4.79 Å². The summed E-state index contributed by atoms with van der Waals surface area (Å²) in [6, 6.07) is 5.27. The van der Waals surface area contributed by atoms with E-state index in [1.165, 1.54) is 0 Å². The largest absolute Gasteiger partial charge is 0.497 e. The Bertz CT molecular complexity index is 444. The van der Waals surface area contributed by atoms with Crippen LogP contribution < -0.4 is 20.1 Å². The fourth-order valence-corrected chi connectivity index (χ4v) is 1.70. The van der Waals surface area contributed by atoms with Gasteiger partial charge in [0, 0.05) is 6.07 Å². The molecular weight excluding hydrogens is 244 g/mol. The van der Waals surface area contributed by atoms with Gasteiger partial charge in [-0.2, -0.15) is 0 Å². The lowest BCUT2D eigenvalue weighted by Gasteiger charge is -2.25. The van der Waals surface area contributed by atoms with Gasteiger partial charge in [-0.05, 0) is 32.5 Å². The molecule has 0 heterocycles. The smallest absolute Gasteiger partial charge is 0.244 e. The number of rotatable bonds is 6. The Labute approximate surface area is 114 Å². The summed E-state index contributed by atoms with van der Waals surface area (Å²) < 4.78 is 10.4. The van der Waals surface area contributed by atoms with Gasteiger partial charge >= 0.3 is 0 Å². The van der Waals surface area contributed by atoms with E-state index in [0.29, 0.717) is 17.2 Å². The van der Waals surface area contributed by atoms with E-state index in [-0.39, 0.29) is 5.91 Å². The first kappa shape index (κ1) is 15.3. The summed E-state index contributed by atoms with van der Waals surface area (Å²) in [6.07, 6.45) is 0. The molecule has 19 heavy (non-hydrogen) atoms. The number of nitrogens with one attached hydrogen (secondary N) is 2. The number of hydrogen-bond acceptors (Lipinski definition) is 4. The van der Waals surface area contributed by atoms with Crippen molar-refractivity contribution < 1.29 is 14.3 Å². The van der Waals surface area contributed by atoms with Crippen LogP contribution in [-0.4, -0.2) is 32.2 Å². The van der Waals surface area contributed by atoms with E-state index in [9.17, 15) is 4.79 Å². The Morgan fingerprint density at radius 2 is 1.95 bits per heavy atom. The Kier molecular flexibility index (Phi) is 5.18. The monoisotopic (exact) mass is 266 g/mol. The van der Waals surface area contributed by atoms with Gasteiger partial charge in [0.2, 0.25) is 5.91 Å². The summed E-state index contributed by atoms with van der Waals surface area (Å²) in [5, 5.41) is 5.98. The molecule has 106 valence electrons. The highest BCUT2D eigenvalue weighted by atomic mass is 16.5. The fraction of sp³-hybridized carbons (Fsp3) is 0.500. The average Bonchev–Trinajstić information content (AvgIpc) is 2.39. The number of amides is 1.